The normalized spacial score (nSPS) is 9.93. The maximum Gasteiger partial charge on any atom is 0.144 e. The number of hydrogen-bond acceptors (Lipinski definition) is 3. The van der Waals surface area contributed by atoms with Crippen molar-refractivity contribution in [1.82, 2.24) is 9.97 Å². The highest BCUT2D eigenvalue weighted by molar-refractivity contribution is 9.10. The summed E-state index contributed by atoms with van der Waals surface area (Å²) < 4.78 is 0.881. The molecule has 1 aromatic heterocycles. The predicted octanol–water partition coefficient (Wildman–Crippen LogP) is 2.93. The van der Waals surface area contributed by atoms with E-state index in [2.05, 4.69) is 44.7 Å². The summed E-state index contributed by atoms with van der Waals surface area (Å²) in [6.45, 7) is 8.63. The summed E-state index contributed by atoms with van der Waals surface area (Å²) in [6, 6.07) is 0. The van der Waals surface area contributed by atoms with Gasteiger partial charge in [-0.1, -0.05) is 19.1 Å². The van der Waals surface area contributed by atoms with Crippen LogP contribution in [-0.2, 0) is 0 Å². The first-order chi connectivity index (χ1) is 6.63. The van der Waals surface area contributed by atoms with Gasteiger partial charge in [0.25, 0.3) is 0 Å². The third-order valence-corrected chi connectivity index (χ3v) is 2.45. The van der Waals surface area contributed by atoms with E-state index in [1.54, 1.807) is 6.20 Å². The van der Waals surface area contributed by atoms with Gasteiger partial charge in [0.2, 0.25) is 0 Å². The number of hydrogen-bond donors (Lipinski definition) is 1. The van der Waals surface area contributed by atoms with Crippen LogP contribution in [-0.4, -0.2) is 16.5 Å². The predicted molar refractivity (Wildman–Crippen MR) is 62.4 cm³/mol. The molecule has 1 rings (SSSR count). The molecule has 3 nitrogen and oxygen atoms in total. The van der Waals surface area contributed by atoms with Crippen LogP contribution in [0.15, 0.2) is 22.8 Å². The first kappa shape index (κ1) is 11.2. The molecule has 0 bridgehead atoms. The Morgan fingerprint density at radius 2 is 2.36 bits per heavy atom. The largest absolute Gasteiger partial charge is 0.365 e. The fourth-order valence-corrected chi connectivity index (χ4v) is 1.24. The van der Waals surface area contributed by atoms with Crippen molar-refractivity contribution in [2.24, 2.45) is 0 Å². The van der Waals surface area contributed by atoms with E-state index in [0.29, 0.717) is 0 Å². The smallest absolute Gasteiger partial charge is 0.144 e. The first-order valence-electron chi connectivity index (χ1n) is 4.53. The van der Waals surface area contributed by atoms with Crippen molar-refractivity contribution in [2.75, 3.05) is 11.9 Å². The number of halogens is 1. The second-order valence-electron chi connectivity index (χ2n) is 3.07. The van der Waals surface area contributed by atoms with Gasteiger partial charge in [0.05, 0.1) is 4.47 Å². The van der Waals surface area contributed by atoms with Gasteiger partial charge in [0, 0.05) is 12.7 Å². The molecule has 1 aromatic rings. The van der Waals surface area contributed by atoms with Gasteiger partial charge in [-0.25, -0.2) is 9.97 Å². The lowest BCUT2D eigenvalue weighted by molar-refractivity contribution is 1.00. The number of aryl methyl sites for hydroxylation is 1. The second-order valence-corrected chi connectivity index (χ2v) is 3.93. The number of aromatic nitrogens is 2. The van der Waals surface area contributed by atoms with E-state index in [1.165, 1.54) is 0 Å². The molecule has 76 valence electrons. The van der Waals surface area contributed by atoms with Gasteiger partial charge in [-0.3, -0.25) is 0 Å². The van der Waals surface area contributed by atoms with Crippen LogP contribution < -0.4 is 5.32 Å². The van der Waals surface area contributed by atoms with Crippen LogP contribution in [0.5, 0.6) is 0 Å². The summed E-state index contributed by atoms with van der Waals surface area (Å²) >= 11 is 3.39. The Morgan fingerprint density at radius 3 is 3.00 bits per heavy atom. The summed E-state index contributed by atoms with van der Waals surface area (Å²) in [5.41, 5.74) is 1.16. The van der Waals surface area contributed by atoms with Crippen molar-refractivity contribution in [3.05, 3.63) is 28.6 Å². The van der Waals surface area contributed by atoms with Gasteiger partial charge in [0.15, 0.2) is 0 Å². The lowest BCUT2D eigenvalue weighted by Crippen LogP contribution is -2.06. The van der Waals surface area contributed by atoms with Crippen molar-refractivity contribution >= 4 is 21.7 Å². The summed E-state index contributed by atoms with van der Waals surface area (Å²) in [4.78, 5) is 8.33. The topological polar surface area (TPSA) is 37.8 Å². The van der Waals surface area contributed by atoms with Crippen LogP contribution in [0.2, 0.25) is 0 Å². The zero-order valence-electron chi connectivity index (χ0n) is 8.47. The molecule has 0 saturated carbocycles. The average Bonchev–Trinajstić information content (AvgIpc) is 2.19. The minimum Gasteiger partial charge on any atom is -0.365 e. The Kier molecular flexibility index (Phi) is 4.07. The quantitative estimate of drug-likeness (QED) is 0.841. The molecule has 1 N–H and O–H groups in total. The average molecular weight is 256 g/mol. The van der Waals surface area contributed by atoms with E-state index in [0.717, 1.165) is 34.7 Å². The van der Waals surface area contributed by atoms with Crippen LogP contribution in [0.1, 0.15) is 19.2 Å². The molecule has 1 heterocycles. The molecule has 0 aromatic carbocycles. The minimum absolute atomic E-state index is 0.756. The van der Waals surface area contributed by atoms with E-state index in [9.17, 15) is 0 Å². The van der Waals surface area contributed by atoms with E-state index < -0.39 is 0 Å². The van der Waals surface area contributed by atoms with Gasteiger partial charge in [0.1, 0.15) is 11.6 Å². The molecule has 0 aliphatic carbocycles. The van der Waals surface area contributed by atoms with Gasteiger partial charge < -0.3 is 5.32 Å². The van der Waals surface area contributed by atoms with Crippen molar-refractivity contribution in [2.45, 2.75) is 20.3 Å². The first-order valence-corrected chi connectivity index (χ1v) is 5.32. The molecule has 4 heteroatoms. The van der Waals surface area contributed by atoms with Crippen LogP contribution in [0.3, 0.4) is 0 Å². The lowest BCUT2D eigenvalue weighted by atomic mass is 10.2. The Morgan fingerprint density at radius 1 is 1.64 bits per heavy atom. The third kappa shape index (κ3) is 3.10. The highest BCUT2D eigenvalue weighted by Crippen LogP contribution is 2.18. The fourth-order valence-electron chi connectivity index (χ4n) is 0.913. The molecule has 0 radical (unpaired) electrons. The molecule has 0 atom stereocenters. The highest BCUT2D eigenvalue weighted by Gasteiger charge is 2.01. The van der Waals surface area contributed by atoms with Crippen molar-refractivity contribution in [3.8, 4) is 0 Å². The molecule has 0 aliphatic heterocycles. The second kappa shape index (κ2) is 5.10. The van der Waals surface area contributed by atoms with Crippen LogP contribution in [0, 0.1) is 6.92 Å². The number of nitrogens with zero attached hydrogens (tertiary/aromatic N) is 2. The SMILES string of the molecule is C=C(CC)CNc1nc(C)ncc1Br. The van der Waals surface area contributed by atoms with E-state index in [-0.39, 0.29) is 0 Å². The molecule has 0 saturated heterocycles. The summed E-state index contributed by atoms with van der Waals surface area (Å²) in [5, 5.41) is 3.21. The van der Waals surface area contributed by atoms with Crippen molar-refractivity contribution in [3.63, 3.8) is 0 Å². The lowest BCUT2D eigenvalue weighted by Gasteiger charge is -2.08. The van der Waals surface area contributed by atoms with Gasteiger partial charge in [-0.15, -0.1) is 0 Å². The Balaban J connectivity index is 2.66. The molecular weight excluding hydrogens is 242 g/mol. The number of nitrogens with one attached hydrogen (secondary N) is 1. The van der Waals surface area contributed by atoms with E-state index in [4.69, 9.17) is 0 Å². The molecule has 0 unspecified atom stereocenters. The van der Waals surface area contributed by atoms with E-state index in [1.807, 2.05) is 6.92 Å². The maximum absolute atomic E-state index is 4.27. The zero-order valence-corrected chi connectivity index (χ0v) is 10.1. The summed E-state index contributed by atoms with van der Waals surface area (Å²) in [5.74, 6) is 1.59. The van der Waals surface area contributed by atoms with E-state index >= 15 is 0 Å². The maximum atomic E-state index is 4.27. The summed E-state index contributed by atoms with van der Waals surface area (Å²) in [6.07, 6.45) is 2.73. The molecule has 0 aliphatic rings. The van der Waals surface area contributed by atoms with Gasteiger partial charge in [-0.2, -0.15) is 0 Å². The van der Waals surface area contributed by atoms with Gasteiger partial charge >= 0.3 is 0 Å². The Labute approximate surface area is 92.8 Å². The van der Waals surface area contributed by atoms with Crippen molar-refractivity contribution in [1.29, 1.82) is 0 Å². The minimum atomic E-state index is 0.756. The Bertz CT molecular complexity index is 336. The van der Waals surface area contributed by atoms with Crippen LogP contribution in [0.25, 0.3) is 0 Å². The summed E-state index contributed by atoms with van der Waals surface area (Å²) in [7, 11) is 0. The fraction of sp³-hybridized carbons (Fsp3) is 0.400. The highest BCUT2D eigenvalue weighted by atomic mass is 79.9. The van der Waals surface area contributed by atoms with Crippen molar-refractivity contribution < 1.29 is 0 Å². The van der Waals surface area contributed by atoms with Crippen LogP contribution in [0.4, 0.5) is 5.82 Å². The third-order valence-electron chi connectivity index (χ3n) is 1.87. The standard InChI is InChI=1S/C10H14BrN3/c1-4-7(2)5-13-10-9(11)6-12-8(3)14-10/h6H,2,4-5H2,1,3H3,(H,12,13,14). The van der Waals surface area contributed by atoms with Crippen LogP contribution >= 0.6 is 15.9 Å². The molecule has 14 heavy (non-hydrogen) atoms. The Hall–Kier alpha value is -0.900. The molecule has 0 spiro atoms. The molecule has 0 amide bonds. The number of rotatable bonds is 4. The molecular formula is C10H14BrN3. The zero-order chi connectivity index (χ0) is 10.6. The number of anilines is 1. The monoisotopic (exact) mass is 255 g/mol. The molecule has 0 fully saturated rings. The van der Waals surface area contributed by atoms with Gasteiger partial charge in [-0.05, 0) is 29.3 Å².